The van der Waals surface area contributed by atoms with Crippen LogP contribution in [0.15, 0.2) is 91.0 Å². The van der Waals surface area contributed by atoms with Crippen molar-refractivity contribution in [2.24, 2.45) is 0 Å². The number of aryl methyl sites for hydroxylation is 2. The van der Waals surface area contributed by atoms with Crippen molar-refractivity contribution in [2.45, 2.75) is 60.2 Å². The van der Waals surface area contributed by atoms with Crippen molar-refractivity contribution < 1.29 is 9.53 Å². The fraction of sp³-hybridized carbons (Fsp3) is 0.250. The number of nitrogens with one attached hydrogen (secondary N) is 1. The summed E-state index contributed by atoms with van der Waals surface area (Å²) in [6.45, 7) is 13.3. The molecule has 1 N–H and O–H groups in total. The van der Waals surface area contributed by atoms with Crippen molar-refractivity contribution in [3.8, 4) is 16.9 Å². The summed E-state index contributed by atoms with van der Waals surface area (Å²) in [7, 11) is 0. The Bertz CT molecular complexity index is 1640. The average Bonchev–Trinajstić information content (AvgIpc) is 3.18. The number of benzene rings is 4. The SMILES string of the molecule is Cc1ccccc1-c1ccc(Cn2c(C)c(C)c3cc(C(=O)N[C@@H](C)c4ccc(OC(C)C)cc4)ccc32)cc1. The Kier molecular flexibility index (Phi) is 7.79. The predicted octanol–water partition coefficient (Wildman–Crippen LogP) is 8.56. The number of rotatable bonds is 8. The van der Waals surface area contributed by atoms with Gasteiger partial charge in [-0.15, -0.1) is 0 Å². The Hall–Kier alpha value is -4.31. The van der Waals surface area contributed by atoms with E-state index in [-0.39, 0.29) is 18.1 Å². The summed E-state index contributed by atoms with van der Waals surface area (Å²) in [6, 6.07) is 31.2. The predicted molar refractivity (Wildman–Crippen MR) is 165 cm³/mol. The van der Waals surface area contributed by atoms with Crippen LogP contribution in [0.5, 0.6) is 5.75 Å². The van der Waals surface area contributed by atoms with Gasteiger partial charge in [-0.2, -0.15) is 0 Å². The minimum atomic E-state index is -0.119. The topological polar surface area (TPSA) is 43.3 Å². The van der Waals surface area contributed by atoms with E-state index in [4.69, 9.17) is 4.74 Å². The van der Waals surface area contributed by atoms with Gasteiger partial charge in [-0.25, -0.2) is 0 Å². The van der Waals surface area contributed by atoms with Gasteiger partial charge in [0.25, 0.3) is 5.91 Å². The molecule has 0 aliphatic heterocycles. The van der Waals surface area contributed by atoms with Crippen LogP contribution in [0.1, 0.15) is 65.1 Å². The van der Waals surface area contributed by atoms with E-state index in [9.17, 15) is 4.79 Å². The highest BCUT2D eigenvalue weighted by Gasteiger charge is 2.16. The van der Waals surface area contributed by atoms with Gasteiger partial charge in [-0.3, -0.25) is 4.79 Å². The molecule has 0 saturated carbocycles. The lowest BCUT2D eigenvalue weighted by atomic mass is 9.99. The van der Waals surface area contributed by atoms with Crippen molar-refractivity contribution in [3.05, 3.63) is 125 Å². The maximum absolute atomic E-state index is 13.2. The molecule has 4 heteroatoms. The molecule has 0 spiro atoms. The molecule has 0 unspecified atom stereocenters. The zero-order valence-electron chi connectivity index (χ0n) is 24.3. The van der Waals surface area contributed by atoms with Crippen LogP contribution < -0.4 is 10.1 Å². The molecule has 4 nitrogen and oxygen atoms in total. The Morgan fingerprint density at radius 3 is 2.23 bits per heavy atom. The van der Waals surface area contributed by atoms with Crippen LogP contribution in [0.25, 0.3) is 22.0 Å². The molecule has 0 aliphatic carbocycles. The third kappa shape index (κ3) is 5.67. The first-order chi connectivity index (χ1) is 19.2. The van der Waals surface area contributed by atoms with Gasteiger partial charge in [0.15, 0.2) is 0 Å². The third-order valence-corrected chi connectivity index (χ3v) is 7.75. The minimum absolute atomic E-state index is 0.0755. The highest BCUT2D eigenvalue weighted by atomic mass is 16.5. The molecule has 0 radical (unpaired) electrons. The summed E-state index contributed by atoms with van der Waals surface area (Å²) in [5.41, 5.74) is 10.3. The quantitative estimate of drug-likeness (QED) is 0.218. The van der Waals surface area contributed by atoms with E-state index in [1.54, 1.807) is 0 Å². The number of nitrogens with zero attached hydrogens (tertiary/aromatic N) is 1. The number of aromatic nitrogens is 1. The van der Waals surface area contributed by atoms with E-state index in [0.717, 1.165) is 28.8 Å². The number of fused-ring (bicyclic) bond motifs is 1. The zero-order chi connectivity index (χ0) is 28.4. The van der Waals surface area contributed by atoms with Crippen molar-refractivity contribution in [2.75, 3.05) is 0 Å². The largest absolute Gasteiger partial charge is 0.491 e. The Morgan fingerprint density at radius 1 is 0.850 bits per heavy atom. The molecular formula is C36H38N2O2. The molecule has 1 atom stereocenters. The molecule has 40 heavy (non-hydrogen) atoms. The van der Waals surface area contributed by atoms with E-state index in [1.165, 1.54) is 33.5 Å². The van der Waals surface area contributed by atoms with Crippen molar-refractivity contribution >= 4 is 16.8 Å². The Morgan fingerprint density at radius 2 is 1.55 bits per heavy atom. The van der Waals surface area contributed by atoms with Crippen LogP contribution in [0.4, 0.5) is 0 Å². The maximum Gasteiger partial charge on any atom is 0.251 e. The van der Waals surface area contributed by atoms with Crippen molar-refractivity contribution in [3.63, 3.8) is 0 Å². The summed E-state index contributed by atoms with van der Waals surface area (Å²) >= 11 is 0. The molecule has 0 aliphatic rings. The monoisotopic (exact) mass is 530 g/mol. The number of amides is 1. The normalized spacial score (nSPS) is 12.1. The van der Waals surface area contributed by atoms with E-state index in [0.29, 0.717) is 5.56 Å². The van der Waals surface area contributed by atoms with Crippen molar-refractivity contribution in [1.82, 2.24) is 9.88 Å². The van der Waals surface area contributed by atoms with Gasteiger partial charge >= 0.3 is 0 Å². The average molecular weight is 531 g/mol. The number of hydrogen-bond acceptors (Lipinski definition) is 2. The molecule has 0 saturated heterocycles. The molecule has 1 aromatic heterocycles. The first kappa shape index (κ1) is 27.3. The van der Waals surface area contributed by atoms with Gasteiger partial charge in [0.2, 0.25) is 0 Å². The number of ether oxygens (including phenoxy) is 1. The summed E-state index contributed by atoms with van der Waals surface area (Å²) in [6.07, 6.45) is 0.129. The molecule has 5 rings (SSSR count). The van der Waals surface area contributed by atoms with E-state index in [1.807, 2.05) is 57.2 Å². The first-order valence-corrected chi connectivity index (χ1v) is 14.0. The summed E-state index contributed by atoms with van der Waals surface area (Å²) in [5.74, 6) is 0.758. The zero-order valence-corrected chi connectivity index (χ0v) is 24.3. The van der Waals surface area contributed by atoms with E-state index in [2.05, 4.69) is 85.3 Å². The van der Waals surface area contributed by atoms with Gasteiger partial charge < -0.3 is 14.6 Å². The van der Waals surface area contributed by atoms with Crippen LogP contribution in [0.3, 0.4) is 0 Å². The lowest BCUT2D eigenvalue weighted by Crippen LogP contribution is -2.26. The van der Waals surface area contributed by atoms with Crippen LogP contribution in [-0.2, 0) is 6.54 Å². The standard InChI is InChI=1S/C36H38N2O2/c1-23(2)40-32-18-15-29(16-19-32)26(5)37-36(39)31-17-20-35-34(21-31)25(4)27(6)38(35)22-28-11-13-30(14-12-28)33-10-8-7-9-24(33)3/h7-21,23,26H,22H2,1-6H3,(H,37,39)/t26-/m0/s1. The fourth-order valence-electron chi connectivity index (χ4n) is 5.33. The number of hydrogen-bond donors (Lipinski definition) is 1. The van der Waals surface area contributed by atoms with Gasteiger partial charge in [0, 0.05) is 28.7 Å². The Labute approximate surface area is 237 Å². The fourth-order valence-corrected chi connectivity index (χ4v) is 5.33. The van der Waals surface area contributed by atoms with E-state index >= 15 is 0 Å². The van der Waals surface area contributed by atoms with Crippen LogP contribution in [0, 0.1) is 20.8 Å². The summed E-state index contributed by atoms with van der Waals surface area (Å²) < 4.78 is 8.08. The lowest BCUT2D eigenvalue weighted by Gasteiger charge is -2.16. The molecule has 5 aromatic rings. The molecular weight excluding hydrogens is 492 g/mol. The first-order valence-electron chi connectivity index (χ1n) is 14.0. The second-order valence-electron chi connectivity index (χ2n) is 11.0. The van der Waals surface area contributed by atoms with Gasteiger partial charge in [-0.05, 0) is 105 Å². The van der Waals surface area contributed by atoms with Crippen molar-refractivity contribution in [1.29, 1.82) is 0 Å². The molecule has 204 valence electrons. The van der Waals surface area contributed by atoms with Gasteiger partial charge in [0.05, 0.1) is 12.1 Å². The molecule has 0 bridgehead atoms. The minimum Gasteiger partial charge on any atom is -0.491 e. The second kappa shape index (κ2) is 11.4. The second-order valence-corrected chi connectivity index (χ2v) is 11.0. The van der Waals surface area contributed by atoms with Gasteiger partial charge in [-0.1, -0.05) is 60.7 Å². The molecule has 1 amide bonds. The molecule has 0 fully saturated rings. The Balaban J connectivity index is 1.33. The number of carbonyl (C=O) groups is 1. The molecule has 1 heterocycles. The highest BCUT2D eigenvalue weighted by Crippen LogP contribution is 2.29. The summed E-state index contributed by atoms with van der Waals surface area (Å²) in [5, 5.41) is 4.27. The highest BCUT2D eigenvalue weighted by molar-refractivity contribution is 5.99. The third-order valence-electron chi connectivity index (χ3n) is 7.75. The smallest absolute Gasteiger partial charge is 0.251 e. The maximum atomic E-state index is 13.2. The lowest BCUT2D eigenvalue weighted by molar-refractivity contribution is 0.0940. The van der Waals surface area contributed by atoms with Gasteiger partial charge in [0.1, 0.15) is 5.75 Å². The van der Waals surface area contributed by atoms with E-state index < -0.39 is 0 Å². The summed E-state index contributed by atoms with van der Waals surface area (Å²) in [4.78, 5) is 13.2. The number of carbonyl (C=O) groups excluding carboxylic acids is 1. The van der Waals surface area contributed by atoms with Crippen LogP contribution in [0.2, 0.25) is 0 Å². The molecule has 4 aromatic carbocycles. The van der Waals surface area contributed by atoms with Crippen LogP contribution >= 0.6 is 0 Å². The van der Waals surface area contributed by atoms with Crippen LogP contribution in [-0.4, -0.2) is 16.6 Å².